The SMILES string of the molecule is [N-]=c1cc2ccc3cccc4ccc([cH+]1)c2c34. The lowest BCUT2D eigenvalue weighted by Crippen LogP contribution is -1.96. The molecule has 0 N–H and O–H groups in total. The molecule has 0 unspecified atom stereocenters. The summed E-state index contributed by atoms with van der Waals surface area (Å²) in [5.74, 6) is 0. The lowest BCUT2D eigenvalue weighted by Gasteiger charge is -2.05. The highest BCUT2D eigenvalue weighted by Gasteiger charge is 2.11. The molecule has 1 nitrogen and oxygen atoms in total. The van der Waals surface area contributed by atoms with Crippen molar-refractivity contribution in [2.24, 2.45) is 0 Å². The molecule has 0 amide bonds. The summed E-state index contributed by atoms with van der Waals surface area (Å²) in [7, 11) is 0. The van der Waals surface area contributed by atoms with Crippen LogP contribution >= 0.6 is 0 Å². The molecular weight excluding hydrogens is 206 g/mol. The number of benzene rings is 4. The molecule has 0 saturated carbocycles. The maximum absolute atomic E-state index is 9.70. The second-order valence-electron chi connectivity index (χ2n) is 4.48. The van der Waals surface area contributed by atoms with Crippen molar-refractivity contribution >= 4 is 32.3 Å². The second-order valence-corrected chi connectivity index (χ2v) is 4.48. The van der Waals surface area contributed by atoms with Gasteiger partial charge < -0.3 is 5.41 Å². The molecule has 0 aliphatic carbocycles. The average molecular weight is 215 g/mol. The Morgan fingerprint density at radius 2 is 1.47 bits per heavy atom. The molecule has 17 heavy (non-hydrogen) atoms. The largest absolute Gasteiger partial charge is 0.785 e. The summed E-state index contributed by atoms with van der Waals surface area (Å²) >= 11 is 0. The predicted octanol–water partition coefficient (Wildman–Crippen LogP) is 3.77. The van der Waals surface area contributed by atoms with E-state index < -0.39 is 0 Å². The van der Waals surface area contributed by atoms with Gasteiger partial charge in [0.2, 0.25) is 0 Å². The Kier molecular flexibility index (Phi) is 1.50. The van der Waals surface area contributed by atoms with Gasteiger partial charge >= 0.3 is 0 Å². The number of hydrogen-bond donors (Lipinski definition) is 0. The summed E-state index contributed by atoms with van der Waals surface area (Å²) in [4.78, 5) is 0. The van der Waals surface area contributed by atoms with Crippen LogP contribution in [0, 0.1) is 0 Å². The van der Waals surface area contributed by atoms with Gasteiger partial charge in [0.25, 0.3) is 0 Å². The van der Waals surface area contributed by atoms with Crippen LogP contribution in [0.3, 0.4) is 0 Å². The molecule has 0 atom stereocenters. The minimum absolute atomic E-state index is 0.330. The van der Waals surface area contributed by atoms with Crippen LogP contribution in [-0.2, 0) is 0 Å². The van der Waals surface area contributed by atoms with Gasteiger partial charge in [-0.3, -0.25) is 0 Å². The van der Waals surface area contributed by atoms with E-state index in [1.165, 1.54) is 21.5 Å². The quantitative estimate of drug-likeness (QED) is 0.315. The zero-order valence-corrected chi connectivity index (χ0v) is 9.14. The van der Waals surface area contributed by atoms with Gasteiger partial charge in [0, 0.05) is 29.0 Å². The molecule has 78 valence electrons. The number of rotatable bonds is 0. The third kappa shape index (κ3) is 1.08. The zero-order chi connectivity index (χ0) is 11.4. The molecule has 0 heterocycles. The summed E-state index contributed by atoms with van der Waals surface area (Å²) in [5, 5.41) is 17.3. The van der Waals surface area contributed by atoms with Gasteiger partial charge in [-0.15, -0.1) is 0 Å². The smallest absolute Gasteiger partial charge is 0.103 e. The van der Waals surface area contributed by atoms with Crippen LogP contribution in [0.25, 0.3) is 37.7 Å². The van der Waals surface area contributed by atoms with Crippen molar-refractivity contribution in [2.75, 3.05) is 0 Å². The lowest BCUT2D eigenvalue weighted by molar-refractivity contribution is 1.69. The molecule has 4 aromatic rings. The predicted molar refractivity (Wildman–Crippen MR) is 72.2 cm³/mol. The fourth-order valence-corrected chi connectivity index (χ4v) is 2.74. The van der Waals surface area contributed by atoms with Gasteiger partial charge in [0.1, 0.15) is 5.39 Å². The molecule has 0 saturated heterocycles. The Bertz CT molecular complexity index is 833. The van der Waals surface area contributed by atoms with Crippen molar-refractivity contribution in [1.82, 2.24) is 0 Å². The number of hydrogen-bond acceptors (Lipinski definition) is 0. The van der Waals surface area contributed by atoms with Crippen LogP contribution in [-0.4, -0.2) is 0 Å². The minimum Gasteiger partial charge on any atom is -0.785 e. The molecule has 0 spiro atoms. The van der Waals surface area contributed by atoms with E-state index in [0.29, 0.717) is 5.36 Å². The van der Waals surface area contributed by atoms with Crippen LogP contribution in [0.5, 0.6) is 0 Å². The summed E-state index contributed by atoms with van der Waals surface area (Å²) < 4.78 is 0. The Morgan fingerprint density at radius 1 is 0.765 bits per heavy atom. The van der Waals surface area contributed by atoms with Gasteiger partial charge in [-0.25, -0.2) is 0 Å². The van der Waals surface area contributed by atoms with Gasteiger partial charge in [-0.1, -0.05) is 29.6 Å². The van der Waals surface area contributed by atoms with E-state index in [2.05, 4.69) is 42.5 Å². The summed E-state index contributed by atoms with van der Waals surface area (Å²) in [5.41, 5.74) is 0. The molecule has 4 rings (SSSR count). The summed E-state index contributed by atoms with van der Waals surface area (Å²) in [6.45, 7) is 0. The molecule has 0 aromatic heterocycles. The van der Waals surface area contributed by atoms with Crippen molar-refractivity contribution in [3.63, 3.8) is 0 Å². The highest BCUT2D eigenvalue weighted by Crippen LogP contribution is 2.33. The third-order valence-electron chi connectivity index (χ3n) is 3.45. The normalized spacial score (nSPS) is 11.8. The van der Waals surface area contributed by atoms with Crippen molar-refractivity contribution in [3.05, 3.63) is 65.4 Å². The Balaban J connectivity index is 2.50. The monoisotopic (exact) mass is 215 g/mol. The van der Waals surface area contributed by atoms with E-state index in [1.807, 2.05) is 12.1 Å². The van der Waals surface area contributed by atoms with E-state index >= 15 is 0 Å². The zero-order valence-electron chi connectivity index (χ0n) is 9.14. The summed E-state index contributed by atoms with van der Waals surface area (Å²) in [6.07, 6.45) is 0. The highest BCUT2D eigenvalue weighted by molar-refractivity contribution is 6.22. The first-order valence-electron chi connectivity index (χ1n) is 5.69. The Morgan fingerprint density at radius 3 is 2.29 bits per heavy atom. The first-order chi connectivity index (χ1) is 8.33. The third-order valence-corrected chi connectivity index (χ3v) is 3.45. The summed E-state index contributed by atoms with van der Waals surface area (Å²) in [6, 6.07) is 18.4. The first kappa shape index (κ1) is 8.82. The second kappa shape index (κ2) is 2.89. The number of nitrogens with zero attached hydrogens (tertiary/aromatic N) is 1. The van der Waals surface area contributed by atoms with Gasteiger partial charge in [0.15, 0.2) is 0 Å². The Hall–Kier alpha value is -2.28. The highest BCUT2D eigenvalue weighted by atomic mass is 14.3. The van der Waals surface area contributed by atoms with Gasteiger partial charge in [-0.2, -0.15) is 0 Å². The van der Waals surface area contributed by atoms with Crippen LogP contribution in [0.2, 0.25) is 0 Å². The molecule has 0 bridgehead atoms. The fourth-order valence-electron chi connectivity index (χ4n) is 2.74. The van der Waals surface area contributed by atoms with Crippen molar-refractivity contribution in [2.45, 2.75) is 0 Å². The van der Waals surface area contributed by atoms with E-state index in [0.717, 1.165) is 10.8 Å². The molecule has 1 heteroatoms. The van der Waals surface area contributed by atoms with Crippen molar-refractivity contribution < 1.29 is 0 Å². The van der Waals surface area contributed by atoms with Crippen LogP contribution in [0.1, 0.15) is 0 Å². The lowest BCUT2D eigenvalue weighted by atomic mass is 9.94. The van der Waals surface area contributed by atoms with E-state index in [1.54, 1.807) is 0 Å². The van der Waals surface area contributed by atoms with Crippen molar-refractivity contribution in [3.8, 4) is 0 Å². The molecular formula is C16H9N. The maximum Gasteiger partial charge on any atom is 0.103 e. The van der Waals surface area contributed by atoms with E-state index in [-0.39, 0.29) is 0 Å². The molecule has 0 aliphatic heterocycles. The Labute approximate surface area is 98.1 Å². The molecule has 0 fully saturated rings. The van der Waals surface area contributed by atoms with E-state index in [9.17, 15) is 5.41 Å². The molecule has 0 radical (unpaired) electrons. The minimum atomic E-state index is 0.330. The first-order valence-corrected chi connectivity index (χ1v) is 5.69. The van der Waals surface area contributed by atoms with Gasteiger partial charge in [0.05, 0.1) is 10.8 Å². The average Bonchev–Trinajstić information content (AvgIpc) is 2.35. The van der Waals surface area contributed by atoms with Gasteiger partial charge in [-0.05, 0) is 17.5 Å². The van der Waals surface area contributed by atoms with Crippen LogP contribution in [0.15, 0.2) is 54.6 Å². The van der Waals surface area contributed by atoms with Crippen LogP contribution < -0.4 is 5.36 Å². The van der Waals surface area contributed by atoms with E-state index in [4.69, 9.17) is 0 Å². The standard InChI is InChI=1S/C16H9N/c17-14-8-12-6-4-10-2-1-3-11-5-7-13(9-14)16(12)15(10)11/h1-9H. The fraction of sp³-hybridized carbons (Fsp3) is 0. The van der Waals surface area contributed by atoms with Crippen molar-refractivity contribution in [1.29, 1.82) is 0 Å². The van der Waals surface area contributed by atoms with Crippen LogP contribution in [0.4, 0.5) is 0 Å². The molecule has 4 aromatic carbocycles. The molecule has 0 aliphatic rings. The maximum atomic E-state index is 9.70. The topological polar surface area (TPSA) is 22.3 Å².